The Labute approximate surface area is 177 Å². The van der Waals surface area contributed by atoms with Crippen molar-refractivity contribution in [1.82, 2.24) is 24.8 Å². The van der Waals surface area contributed by atoms with Crippen LogP contribution < -0.4 is 10.1 Å². The normalized spacial score (nSPS) is 11.5. The summed E-state index contributed by atoms with van der Waals surface area (Å²) in [4.78, 5) is 16.3. The second-order valence-corrected chi connectivity index (χ2v) is 7.06. The summed E-state index contributed by atoms with van der Waals surface area (Å²) in [6, 6.07) is 12.1. The number of ether oxygens (including phenoxy) is 1. The van der Waals surface area contributed by atoms with Gasteiger partial charge in [0.05, 0.1) is 11.4 Å². The lowest BCUT2D eigenvalue weighted by molar-refractivity contribution is -0.274. The smallest absolute Gasteiger partial charge is 0.406 e. The monoisotopic (exact) mass is 446 g/mol. The number of nitrogens with zero attached hydrogens (tertiary/aromatic N) is 5. The first kappa shape index (κ1) is 20.6. The number of nitrogens with one attached hydrogen (secondary N) is 1. The van der Waals surface area contributed by atoms with E-state index in [4.69, 9.17) is 0 Å². The standard InChI is InChI=1S/C19H13F3N6O2S/c20-19(21,22)30-14-5-3-13(4-6-14)24-17(29)11-31-18-26-25-16-8-7-15(27-28(16)18)12-2-1-9-23-10-12/h1-10H,11H2,(H,24,29). The Hall–Kier alpha value is -3.67. The molecule has 0 unspecified atom stereocenters. The summed E-state index contributed by atoms with van der Waals surface area (Å²) >= 11 is 1.12. The third-order valence-corrected chi connectivity index (χ3v) is 4.81. The van der Waals surface area contributed by atoms with Crippen molar-refractivity contribution in [3.63, 3.8) is 0 Å². The number of carbonyl (C=O) groups is 1. The molecular formula is C19H13F3N6O2S. The molecule has 4 aromatic rings. The Kier molecular flexibility index (Phi) is 5.71. The lowest BCUT2D eigenvalue weighted by atomic mass is 10.2. The first-order valence-electron chi connectivity index (χ1n) is 8.79. The SMILES string of the molecule is O=C(CSc1nnc2ccc(-c3cccnc3)nn12)Nc1ccc(OC(F)(F)F)cc1. The fourth-order valence-electron chi connectivity index (χ4n) is 2.59. The maximum Gasteiger partial charge on any atom is 0.573 e. The molecule has 8 nitrogen and oxygen atoms in total. The molecule has 0 saturated carbocycles. The number of benzene rings is 1. The summed E-state index contributed by atoms with van der Waals surface area (Å²) in [5.74, 6) is -0.736. The van der Waals surface area contributed by atoms with Crippen LogP contribution in [0.15, 0.2) is 66.1 Å². The zero-order valence-corrected chi connectivity index (χ0v) is 16.4. The molecule has 0 aliphatic rings. The van der Waals surface area contributed by atoms with Crippen molar-refractivity contribution in [3.8, 4) is 17.0 Å². The third-order valence-electron chi connectivity index (χ3n) is 3.90. The molecule has 0 aliphatic carbocycles. The summed E-state index contributed by atoms with van der Waals surface area (Å²) in [5.41, 5.74) is 2.36. The highest BCUT2D eigenvalue weighted by atomic mass is 32.2. The number of thioether (sulfide) groups is 1. The largest absolute Gasteiger partial charge is 0.573 e. The van der Waals surface area contributed by atoms with E-state index in [0.717, 1.165) is 29.5 Å². The Morgan fingerprint density at radius 1 is 1.10 bits per heavy atom. The molecule has 4 rings (SSSR count). The summed E-state index contributed by atoms with van der Waals surface area (Å²) in [6.45, 7) is 0. The number of amides is 1. The van der Waals surface area contributed by atoms with Gasteiger partial charge in [-0.1, -0.05) is 11.8 Å². The summed E-state index contributed by atoms with van der Waals surface area (Å²) in [5, 5.41) is 15.6. The van der Waals surface area contributed by atoms with Crippen LogP contribution in [-0.2, 0) is 4.79 Å². The molecule has 0 radical (unpaired) electrons. The summed E-state index contributed by atoms with van der Waals surface area (Å²) in [6.07, 6.45) is -1.42. The minimum atomic E-state index is -4.77. The number of rotatable bonds is 6. The Bertz CT molecular complexity index is 1200. The number of hydrogen-bond acceptors (Lipinski definition) is 7. The molecule has 0 fully saturated rings. The average molecular weight is 446 g/mol. The molecule has 1 N–H and O–H groups in total. The lowest BCUT2D eigenvalue weighted by Gasteiger charge is -2.09. The van der Waals surface area contributed by atoms with Crippen LogP contribution in [0.5, 0.6) is 5.75 Å². The van der Waals surface area contributed by atoms with Crippen molar-refractivity contribution in [3.05, 3.63) is 60.9 Å². The summed E-state index contributed by atoms with van der Waals surface area (Å²) in [7, 11) is 0. The van der Waals surface area contributed by atoms with E-state index in [0.29, 0.717) is 22.2 Å². The van der Waals surface area contributed by atoms with E-state index in [9.17, 15) is 18.0 Å². The van der Waals surface area contributed by atoms with Crippen molar-refractivity contribution in [2.24, 2.45) is 0 Å². The number of fused-ring (bicyclic) bond motifs is 1. The van der Waals surface area contributed by atoms with Crippen molar-refractivity contribution in [1.29, 1.82) is 0 Å². The van der Waals surface area contributed by atoms with Crippen LogP contribution in [-0.4, -0.2) is 42.8 Å². The van der Waals surface area contributed by atoms with Gasteiger partial charge in [0.1, 0.15) is 5.75 Å². The van der Waals surface area contributed by atoms with Crippen molar-refractivity contribution in [2.75, 3.05) is 11.1 Å². The van der Waals surface area contributed by atoms with Gasteiger partial charge in [0.2, 0.25) is 11.1 Å². The van der Waals surface area contributed by atoms with Gasteiger partial charge >= 0.3 is 6.36 Å². The Morgan fingerprint density at radius 3 is 2.61 bits per heavy atom. The fourth-order valence-corrected chi connectivity index (χ4v) is 3.28. The van der Waals surface area contributed by atoms with E-state index in [-0.39, 0.29) is 17.4 Å². The van der Waals surface area contributed by atoms with Gasteiger partial charge in [-0.3, -0.25) is 9.78 Å². The summed E-state index contributed by atoms with van der Waals surface area (Å²) < 4.78 is 41.9. The van der Waals surface area contributed by atoms with E-state index < -0.39 is 6.36 Å². The number of alkyl halides is 3. The highest BCUT2D eigenvalue weighted by Crippen LogP contribution is 2.24. The molecule has 3 heterocycles. The van der Waals surface area contributed by atoms with Gasteiger partial charge in [0.15, 0.2) is 5.65 Å². The second kappa shape index (κ2) is 8.60. The van der Waals surface area contributed by atoms with Crippen molar-refractivity contribution >= 4 is 29.0 Å². The third kappa shape index (κ3) is 5.28. The number of halogens is 3. The maximum absolute atomic E-state index is 12.2. The predicted octanol–water partition coefficient (Wildman–Crippen LogP) is 3.82. The molecule has 31 heavy (non-hydrogen) atoms. The Morgan fingerprint density at radius 2 is 1.90 bits per heavy atom. The van der Waals surface area contributed by atoms with Crippen LogP contribution >= 0.6 is 11.8 Å². The number of aromatic nitrogens is 5. The number of anilines is 1. The maximum atomic E-state index is 12.2. The fraction of sp³-hybridized carbons (Fsp3) is 0.105. The molecule has 0 aliphatic heterocycles. The van der Waals surface area contributed by atoms with E-state index in [1.54, 1.807) is 30.6 Å². The van der Waals surface area contributed by atoms with Crippen LogP contribution in [0.2, 0.25) is 0 Å². The first-order valence-corrected chi connectivity index (χ1v) is 9.77. The number of carbonyl (C=O) groups excluding carboxylic acids is 1. The van der Waals surface area contributed by atoms with Crippen LogP contribution in [0.1, 0.15) is 0 Å². The van der Waals surface area contributed by atoms with E-state index >= 15 is 0 Å². The molecule has 0 spiro atoms. The molecule has 1 aromatic carbocycles. The molecule has 0 saturated heterocycles. The van der Waals surface area contributed by atoms with Gasteiger partial charge in [0.25, 0.3) is 0 Å². The van der Waals surface area contributed by atoms with Crippen LogP contribution in [0.25, 0.3) is 16.9 Å². The minimum Gasteiger partial charge on any atom is -0.406 e. The van der Waals surface area contributed by atoms with Gasteiger partial charge in [-0.15, -0.1) is 23.4 Å². The van der Waals surface area contributed by atoms with E-state index in [1.165, 1.54) is 16.6 Å². The van der Waals surface area contributed by atoms with Crippen LogP contribution in [0.4, 0.5) is 18.9 Å². The predicted molar refractivity (Wildman–Crippen MR) is 106 cm³/mol. The highest BCUT2D eigenvalue weighted by molar-refractivity contribution is 7.99. The first-order chi connectivity index (χ1) is 14.9. The number of hydrogen-bond donors (Lipinski definition) is 1. The quantitative estimate of drug-likeness (QED) is 0.450. The molecular weight excluding hydrogens is 433 g/mol. The highest BCUT2D eigenvalue weighted by Gasteiger charge is 2.30. The van der Waals surface area contributed by atoms with Gasteiger partial charge in [-0.05, 0) is 48.5 Å². The topological polar surface area (TPSA) is 94.3 Å². The van der Waals surface area contributed by atoms with Gasteiger partial charge in [0, 0.05) is 23.6 Å². The van der Waals surface area contributed by atoms with Gasteiger partial charge in [-0.2, -0.15) is 9.61 Å². The molecule has 0 atom stereocenters. The molecule has 12 heteroatoms. The zero-order chi connectivity index (χ0) is 21.8. The van der Waals surface area contributed by atoms with E-state index in [2.05, 4.69) is 30.3 Å². The molecule has 3 aromatic heterocycles. The average Bonchev–Trinajstić information content (AvgIpc) is 3.15. The molecule has 0 bridgehead atoms. The van der Waals surface area contributed by atoms with Gasteiger partial charge < -0.3 is 10.1 Å². The minimum absolute atomic E-state index is 0.000393. The van der Waals surface area contributed by atoms with Gasteiger partial charge in [-0.25, -0.2) is 0 Å². The lowest BCUT2D eigenvalue weighted by Crippen LogP contribution is -2.17. The van der Waals surface area contributed by atoms with Crippen molar-refractivity contribution < 1.29 is 22.7 Å². The van der Waals surface area contributed by atoms with Crippen LogP contribution in [0.3, 0.4) is 0 Å². The molecule has 158 valence electrons. The van der Waals surface area contributed by atoms with Crippen LogP contribution in [0, 0.1) is 0 Å². The second-order valence-electron chi connectivity index (χ2n) is 6.12. The zero-order valence-electron chi connectivity index (χ0n) is 15.6. The molecule has 1 amide bonds. The van der Waals surface area contributed by atoms with E-state index in [1.807, 2.05) is 6.07 Å². The number of pyridine rings is 1. The van der Waals surface area contributed by atoms with Crippen molar-refractivity contribution in [2.45, 2.75) is 11.5 Å². The Balaban J connectivity index is 1.40.